The largest absolute Gasteiger partial charge is 0.376 e. The van der Waals surface area contributed by atoms with Crippen LogP contribution < -0.4 is 0 Å². The van der Waals surface area contributed by atoms with Gasteiger partial charge < -0.3 is 4.74 Å². The summed E-state index contributed by atoms with van der Waals surface area (Å²) in [7, 11) is 0. The molecule has 2 rings (SSSR count). The molecule has 0 spiro atoms. The molecular weight excluding hydrogens is 220 g/mol. The average molecular weight is 240 g/mol. The molecule has 1 fully saturated rings. The Morgan fingerprint density at radius 3 is 3.06 bits per heavy atom. The number of thiazole rings is 1. The monoisotopic (exact) mass is 240 g/mol. The standard InChI is InChI=1S/C12H20N2OS/c1-4-12-13-11(8-16-12)6-14-5-10(3)15-7-9(14)2/h8-10H,4-7H2,1-3H3/t9-,10+/m1/s1. The van der Waals surface area contributed by atoms with Crippen molar-refractivity contribution in [3.05, 3.63) is 16.1 Å². The number of hydrogen-bond acceptors (Lipinski definition) is 4. The van der Waals surface area contributed by atoms with Crippen LogP contribution >= 0.6 is 11.3 Å². The van der Waals surface area contributed by atoms with Crippen LogP contribution in [0.1, 0.15) is 31.5 Å². The Morgan fingerprint density at radius 1 is 1.56 bits per heavy atom. The van der Waals surface area contributed by atoms with E-state index in [1.807, 2.05) is 0 Å². The quantitative estimate of drug-likeness (QED) is 0.810. The van der Waals surface area contributed by atoms with Crippen LogP contribution in [0.5, 0.6) is 0 Å². The molecular formula is C12H20N2OS. The van der Waals surface area contributed by atoms with E-state index in [0.717, 1.165) is 26.1 Å². The summed E-state index contributed by atoms with van der Waals surface area (Å²) in [5.41, 5.74) is 1.21. The number of ether oxygens (including phenoxy) is 1. The van der Waals surface area contributed by atoms with Crippen LogP contribution in [-0.2, 0) is 17.7 Å². The molecule has 90 valence electrons. The molecule has 1 saturated heterocycles. The van der Waals surface area contributed by atoms with Crippen molar-refractivity contribution in [3.63, 3.8) is 0 Å². The first-order valence-corrected chi connectivity index (χ1v) is 6.86. The smallest absolute Gasteiger partial charge is 0.0926 e. The molecule has 2 heterocycles. The second kappa shape index (κ2) is 5.25. The van der Waals surface area contributed by atoms with E-state index in [2.05, 4.69) is 36.0 Å². The van der Waals surface area contributed by atoms with Gasteiger partial charge in [0, 0.05) is 24.5 Å². The fourth-order valence-electron chi connectivity index (χ4n) is 1.98. The van der Waals surface area contributed by atoms with Gasteiger partial charge in [-0.05, 0) is 20.3 Å². The normalized spacial score (nSPS) is 27.2. The predicted molar refractivity (Wildman–Crippen MR) is 66.8 cm³/mol. The lowest BCUT2D eigenvalue weighted by Gasteiger charge is -2.36. The third-order valence-electron chi connectivity index (χ3n) is 3.00. The minimum absolute atomic E-state index is 0.348. The lowest BCUT2D eigenvalue weighted by Crippen LogP contribution is -2.46. The molecule has 0 unspecified atom stereocenters. The Hall–Kier alpha value is -0.450. The number of nitrogens with zero attached hydrogens (tertiary/aromatic N) is 2. The van der Waals surface area contributed by atoms with Crippen LogP contribution in [0.15, 0.2) is 5.38 Å². The van der Waals surface area contributed by atoms with Crippen LogP contribution in [0.3, 0.4) is 0 Å². The third-order valence-corrected chi connectivity index (χ3v) is 4.05. The molecule has 1 aliphatic heterocycles. The van der Waals surface area contributed by atoms with E-state index >= 15 is 0 Å². The van der Waals surface area contributed by atoms with Gasteiger partial charge >= 0.3 is 0 Å². The molecule has 1 aromatic rings. The lowest BCUT2D eigenvalue weighted by atomic mass is 10.2. The van der Waals surface area contributed by atoms with Crippen molar-refractivity contribution in [2.45, 2.75) is 45.9 Å². The minimum Gasteiger partial charge on any atom is -0.376 e. The zero-order valence-corrected chi connectivity index (χ0v) is 11.1. The lowest BCUT2D eigenvalue weighted by molar-refractivity contribution is -0.0530. The predicted octanol–water partition coefficient (Wildman–Crippen LogP) is 2.31. The summed E-state index contributed by atoms with van der Waals surface area (Å²) in [6.45, 7) is 9.33. The summed E-state index contributed by atoms with van der Waals surface area (Å²) >= 11 is 1.77. The van der Waals surface area contributed by atoms with E-state index in [-0.39, 0.29) is 0 Å². The molecule has 16 heavy (non-hydrogen) atoms. The zero-order valence-electron chi connectivity index (χ0n) is 10.3. The molecule has 0 bridgehead atoms. The van der Waals surface area contributed by atoms with E-state index < -0.39 is 0 Å². The SMILES string of the molecule is CCc1nc(CN2C[C@H](C)OC[C@H]2C)cs1. The van der Waals surface area contributed by atoms with Crippen LogP contribution in [-0.4, -0.2) is 35.2 Å². The van der Waals surface area contributed by atoms with Crippen molar-refractivity contribution < 1.29 is 4.74 Å². The van der Waals surface area contributed by atoms with Crippen molar-refractivity contribution in [3.8, 4) is 0 Å². The fraction of sp³-hybridized carbons (Fsp3) is 0.750. The zero-order chi connectivity index (χ0) is 11.5. The highest BCUT2D eigenvalue weighted by Crippen LogP contribution is 2.17. The maximum atomic E-state index is 5.62. The van der Waals surface area contributed by atoms with Gasteiger partial charge in [-0.3, -0.25) is 4.90 Å². The van der Waals surface area contributed by atoms with Gasteiger partial charge in [-0.1, -0.05) is 6.92 Å². The van der Waals surface area contributed by atoms with Crippen molar-refractivity contribution in [1.82, 2.24) is 9.88 Å². The number of rotatable bonds is 3. The van der Waals surface area contributed by atoms with Gasteiger partial charge in [-0.25, -0.2) is 4.98 Å². The van der Waals surface area contributed by atoms with Crippen LogP contribution in [0.25, 0.3) is 0 Å². The molecule has 0 amide bonds. The van der Waals surface area contributed by atoms with Crippen molar-refractivity contribution in [1.29, 1.82) is 0 Å². The maximum absolute atomic E-state index is 5.62. The van der Waals surface area contributed by atoms with E-state index in [1.165, 1.54) is 10.7 Å². The topological polar surface area (TPSA) is 25.4 Å². The Kier molecular flexibility index (Phi) is 3.95. The second-order valence-corrected chi connectivity index (χ2v) is 5.45. The molecule has 3 nitrogen and oxygen atoms in total. The van der Waals surface area contributed by atoms with E-state index in [1.54, 1.807) is 11.3 Å². The van der Waals surface area contributed by atoms with Crippen LogP contribution in [0.2, 0.25) is 0 Å². The number of aryl methyl sites for hydroxylation is 1. The number of aromatic nitrogens is 1. The van der Waals surface area contributed by atoms with Crippen LogP contribution in [0.4, 0.5) is 0 Å². The van der Waals surface area contributed by atoms with Gasteiger partial charge in [0.2, 0.25) is 0 Å². The molecule has 0 radical (unpaired) electrons. The summed E-state index contributed by atoms with van der Waals surface area (Å²) in [5.74, 6) is 0. The molecule has 2 atom stereocenters. The number of morpholine rings is 1. The van der Waals surface area contributed by atoms with Gasteiger partial charge in [0.15, 0.2) is 0 Å². The summed E-state index contributed by atoms with van der Waals surface area (Å²) in [6, 6.07) is 0.503. The Bertz CT molecular complexity index is 340. The first-order chi connectivity index (χ1) is 7.69. The summed E-state index contributed by atoms with van der Waals surface area (Å²) < 4.78 is 5.62. The molecule has 0 N–H and O–H groups in total. The van der Waals surface area contributed by atoms with Crippen molar-refractivity contribution in [2.24, 2.45) is 0 Å². The van der Waals surface area contributed by atoms with Gasteiger partial charge in [-0.2, -0.15) is 0 Å². The summed E-state index contributed by atoms with van der Waals surface area (Å²) in [5, 5.41) is 3.43. The first kappa shape index (κ1) is 12.0. The third kappa shape index (κ3) is 2.81. The average Bonchev–Trinajstić information content (AvgIpc) is 2.71. The van der Waals surface area contributed by atoms with E-state index in [9.17, 15) is 0 Å². The second-order valence-electron chi connectivity index (χ2n) is 4.51. The van der Waals surface area contributed by atoms with Gasteiger partial charge in [-0.15, -0.1) is 11.3 Å². The van der Waals surface area contributed by atoms with Crippen molar-refractivity contribution in [2.75, 3.05) is 13.2 Å². The van der Waals surface area contributed by atoms with Gasteiger partial charge in [0.1, 0.15) is 0 Å². The van der Waals surface area contributed by atoms with E-state index in [4.69, 9.17) is 4.74 Å². The van der Waals surface area contributed by atoms with E-state index in [0.29, 0.717) is 12.1 Å². The van der Waals surface area contributed by atoms with Crippen molar-refractivity contribution >= 4 is 11.3 Å². The maximum Gasteiger partial charge on any atom is 0.0926 e. The molecule has 0 aliphatic carbocycles. The Labute approximate surface area is 101 Å². The molecule has 0 saturated carbocycles. The molecule has 0 aromatic carbocycles. The fourth-order valence-corrected chi connectivity index (χ4v) is 2.72. The summed E-state index contributed by atoms with van der Waals surface area (Å²) in [4.78, 5) is 7.08. The number of hydrogen-bond donors (Lipinski definition) is 0. The Morgan fingerprint density at radius 2 is 2.38 bits per heavy atom. The highest BCUT2D eigenvalue weighted by molar-refractivity contribution is 7.09. The van der Waals surface area contributed by atoms with Crippen LogP contribution in [0, 0.1) is 0 Å². The molecule has 4 heteroatoms. The highest BCUT2D eigenvalue weighted by Gasteiger charge is 2.23. The Balaban J connectivity index is 1.97. The first-order valence-electron chi connectivity index (χ1n) is 5.98. The minimum atomic E-state index is 0.348. The highest BCUT2D eigenvalue weighted by atomic mass is 32.1. The molecule has 1 aliphatic rings. The summed E-state index contributed by atoms with van der Waals surface area (Å²) in [6.07, 6.45) is 1.39. The molecule has 1 aromatic heterocycles. The van der Waals surface area contributed by atoms with Gasteiger partial charge in [0.25, 0.3) is 0 Å². The van der Waals surface area contributed by atoms with Gasteiger partial charge in [0.05, 0.1) is 23.4 Å².